The zero-order valence-corrected chi connectivity index (χ0v) is 10.6. The summed E-state index contributed by atoms with van der Waals surface area (Å²) < 4.78 is 28.3. The van der Waals surface area contributed by atoms with E-state index in [1.165, 1.54) is 6.07 Å². The molecule has 0 heterocycles. The number of hydrogen-bond acceptors (Lipinski definition) is 2. The van der Waals surface area contributed by atoms with Gasteiger partial charge in [0.2, 0.25) is 0 Å². The summed E-state index contributed by atoms with van der Waals surface area (Å²) in [5.41, 5.74) is 6.78. The van der Waals surface area contributed by atoms with Gasteiger partial charge in [-0.2, -0.15) is 8.78 Å². The summed E-state index contributed by atoms with van der Waals surface area (Å²) in [6, 6.07) is 6.48. The van der Waals surface area contributed by atoms with Crippen LogP contribution in [0.25, 0.3) is 0 Å². The summed E-state index contributed by atoms with van der Waals surface area (Å²) in [5, 5.41) is 0. The Kier molecular flexibility index (Phi) is 7.83. The van der Waals surface area contributed by atoms with Crippen molar-refractivity contribution in [3.63, 3.8) is 0 Å². The van der Waals surface area contributed by atoms with E-state index in [1.807, 2.05) is 6.07 Å². The fourth-order valence-electron chi connectivity index (χ4n) is 1.51. The van der Waals surface area contributed by atoms with E-state index >= 15 is 0 Å². The fraction of sp³-hybridized carbons (Fsp3) is 0.500. The van der Waals surface area contributed by atoms with Crippen molar-refractivity contribution in [2.45, 2.75) is 38.8 Å². The lowest BCUT2D eigenvalue weighted by Gasteiger charge is -2.13. The molecule has 2 N–H and O–H groups in total. The van der Waals surface area contributed by atoms with Gasteiger partial charge in [-0.05, 0) is 24.1 Å². The van der Waals surface area contributed by atoms with Gasteiger partial charge >= 0.3 is 6.61 Å². The average molecular weight is 266 g/mol. The van der Waals surface area contributed by atoms with Crippen LogP contribution >= 0.6 is 12.4 Å². The van der Waals surface area contributed by atoms with E-state index < -0.39 is 6.61 Å². The van der Waals surface area contributed by atoms with E-state index in [-0.39, 0.29) is 24.2 Å². The first-order valence-corrected chi connectivity index (χ1v) is 5.43. The first-order valence-electron chi connectivity index (χ1n) is 5.43. The second-order valence-electron chi connectivity index (χ2n) is 3.70. The molecule has 1 aromatic carbocycles. The van der Waals surface area contributed by atoms with Crippen LogP contribution in [0.2, 0.25) is 0 Å². The monoisotopic (exact) mass is 265 g/mol. The molecule has 1 atom stereocenters. The van der Waals surface area contributed by atoms with Gasteiger partial charge in [0.1, 0.15) is 5.75 Å². The van der Waals surface area contributed by atoms with Gasteiger partial charge in [-0.3, -0.25) is 0 Å². The molecular weight excluding hydrogens is 248 g/mol. The molecule has 0 spiro atoms. The maximum atomic E-state index is 12.0. The third-order valence-electron chi connectivity index (χ3n) is 2.38. The molecule has 0 aliphatic heterocycles. The van der Waals surface area contributed by atoms with Crippen molar-refractivity contribution in [1.82, 2.24) is 0 Å². The first-order chi connectivity index (χ1) is 7.63. The smallest absolute Gasteiger partial charge is 0.387 e. The van der Waals surface area contributed by atoms with Crippen LogP contribution in [-0.2, 0) is 0 Å². The molecule has 0 amide bonds. The topological polar surface area (TPSA) is 35.2 Å². The van der Waals surface area contributed by atoms with Crippen molar-refractivity contribution in [1.29, 1.82) is 0 Å². The lowest BCUT2D eigenvalue weighted by molar-refractivity contribution is -0.0499. The number of ether oxygens (including phenoxy) is 1. The van der Waals surface area contributed by atoms with Crippen LogP contribution in [0.4, 0.5) is 8.78 Å². The Balaban J connectivity index is 0.00000256. The van der Waals surface area contributed by atoms with Crippen LogP contribution in [0.3, 0.4) is 0 Å². The van der Waals surface area contributed by atoms with Crippen molar-refractivity contribution in [2.75, 3.05) is 0 Å². The van der Waals surface area contributed by atoms with Gasteiger partial charge in [0.05, 0.1) is 0 Å². The van der Waals surface area contributed by atoms with E-state index in [9.17, 15) is 8.78 Å². The van der Waals surface area contributed by atoms with E-state index in [1.54, 1.807) is 12.1 Å². The van der Waals surface area contributed by atoms with Gasteiger partial charge < -0.3 is 10.5 Å². The Hall–Kier alpha value is -0.870. The molecule has 0 radical (unpaired) electrons. The predicted octanol–water partition coefficient (Wildman–Crippen LogP) is 3.90. The van der Waals surface area contributed by atoms with E-state index in [2.05, 4.69) is 11.7 Å². The van der Waals surface area contributed by atoms with Crippen LogP contribution in [-0.4, -0.2) is 6.61 Å². The summed E-state index contributed by atoms with van der Waals surface area (Å²) in [6.07, 6.45) is 2.96. The maximum absolute atomic E-state index is 12.0. The maximum Gasteiger partial charge on any atom is 0.387 e. The Morgan fingerprint density at radius 2 is 2.06 bits per heavy atom. The molecule has 0 saturated heterocycles. The van der Waals surface area contributed by atoms with Crippen molar-refractivity contribution >= 4 is 12.4 Å². The minimum absolute atomic E-state index is 0. The summed E-state index contributed by atoms with van der Waals surface area (Å²) in [5.74, 6) is 0.166. The summed E-state index contributed by atoms with van der Waals surface area (Å²) >= 11 is 0. The second kappa shape index (κ2) is 8.25. The third kappa shape index (κ3) is 5.84. The Morgan fingerprint density at radius 3 is 2.65 bits per heavy atom. The molecule has 0 bridgehead atoms. The number of halogens is 3. The number of alkyl halides is 2. The largest absolute Gasteiger partial charge is 0.435 e. The number of nitrogens with two attached hydrogens (primary N) is 1. The summed E-state index contributed by atoms with van der Waals surface area (Å²) in [4.78, 5) is 0. The van der Waals surface area contributed by atoms with Crippen molar-refractivity contribution in [3.05, 3.63) is 29.8 Å². The van der Waals surface area contributed by atoms with Crippen LogP contribution in [0.1, 0.15) is 37.8 Å². The van der Waals surface area contributed by atoms with Crippen molar-refractivity contribution < 1.29 is 13.5 Å². The molecule has 0 aliphatic rings. The van der Waals surface area contributed by atoms with Gasteiger partial charge in [-0.1, -0.05) is 31.9 Å². The van der Waals surface area contributed by atoms with Crippen LogP contribution in [0.15, 0.2) is 24.3 Å². The van der Waals surface area contributed by atoms with E-state index in [0.717, 1.165) is 24.8 Å². The van der Waals surface area contributed by atoms with Crippen LogP contribution < -0.4 is 10.5 Å². The van der Waals surface area contributed by atoms with Crippen LogP contribution in [0.5, 0.6) is 5.75 Å². The molecule has 0 aromatic heterocycles. The molecule has 17 heavy (non-hydrogen) atoms. The van der Waals surface area contributed by atoms with Crippen molar-refractivity contribution in [3.8, 4) is 5.75 Å². The predicted molar refractivity (Wildman–Crippen MR) is 66.8 cm³/mol. The van der Waals surface area contributed by atoms with E-state index in [0.29, 0.717) is 0 Å². The van der Waals surface area contributed by atoms with Gasteiger partial charge in [-0.25, -0.2) is 0 Å². The molecule has 5 heteroatoms. The van der Waals surface area contributed by atoms with Crippen molar-refractivity contribution in [2.24, 2.45) is 5.73 Å². The average Bonchev–Trinajstić information content (AvgIpc) is 2.25. The Morgan fingerprint density at radius 1 is 1.35 bits per heavy atom. The normalized spacial score (nSPS) is 12.1. The molecule has 1 aromatic rings. The Labute approximate surface area is 107 Å². The van der Waals surface area contributed by atoms with E-state index in [4.69, 9.17) is 5.73 Å². The SMILES string of the molecule is CCCC[C@H](N)c1cccc(OC(F)F)c1.Cl. The van der Waals surface area contributed by atoms with Gasteiger partial charge in [-0.15, -0.1) is 12.4 Å². The molecule has 98 valence electrons. The number of benzene rings is 1. The highest BCUT2D eigenvalue weighted by molar-refractivity contribution is 5.85. The molecule has 0 aliphatic carbocycles. The highest BCUT2D eigenvalue weighted by Gasteiger charge is 2.08. The fourth-order valence-corrected chi connectivity index (χ4v) is 1.51. The molecule has 0 saturated carbocycles. The molecule has 1 rings (SSSR count). The lowest BCUT2D eigenvalue weighted by atomic mass is 10.0. The molecule has 0 fully saturated rings. The number of unbranched alkanes of at least 4 members (excludes halogenated alkanes) is 1. The standard InChI is InChI=1S/C12H17F2NO.ClH/c1-2-3-7-11(15)9-5-4-6-10(8-9)16-12(13)14;/h4-6,8,11-12H,2-3,7,15H2,1H3;1H/t11-;/m0./s1. The van der Waals surface area contributed by atoms with Gasteiger partial charge in [0.25, 0.3) is 0 Å². The summed E-state index contributed by atoms with van der Waals surface area (Å²) in [6.45, 7) is -0.703. The molecule has 0 unspecified atom stereocenters. The molecule has 2 nitrogen and oxygen atoms in total. The highest BCUT2D eigenvalue weighted by Crippen LogP contribution is 2.22. The second-order valence-corrected chi connectivity index (χ2v) is 3.70. The quantitative estimate of drug-likeness (QED) is 0.847. The molecular formula is C12H18ClF2NO. The zero-order valence-electron chi connectivity index (χ0n) is 9.74. The lowest BCUT2D eigenvalue weighted by Crippen LogP contribution is -2.10. The van der Waals surface area contributed by atoms with Gasteiger partial charge in [0, 0.05) is 6.04 Å². The number of hydrogen-bond donors (Lipinski definition) is 1. The van der Waals surface area contributed by atoms with Crippen LogP contribution in [0, 0.1) is 0 Å². The minimum atomic E-state index is -2.79. The Bertz CT molecular complexity index is 323. The highest BCUT2D eigenvalue weighted by atomic mass is 35.5. The first kappa shape index (κ1) is 16.1. The van der Waals surface area contributed by atoms with Gasteiger partial charge in [0.15, 0.2) is 0 Å². The number of rotatable bonds is 6. The zero-order chi connectivity index (χ0) is 12.0. The summed E-state index contributed by atoms with van der Waals surface area (Å²) in [7, 11) is 0. The minimum Gasteiger partial charge on any atom is -0.435 e. The third-order valence-corrected chi connectivity index (χ3v) is 2.38.